The second-order valence-electron chi connectivity index (χ2n) is 21.3. The molecular weight excluding hydrogens is 917 g/mol. The number of hydrogen-bond acceptors (Lipinski definition) is 16. The third-order valence-corrected chi connectivity index (χ3v) is 15.9. The quantitative estimate of drug-likeness (QED) is 0.105. The number of carbonyl (C=O) groups is 6. The lowest BCUT2D eigenvalue weighted by molar-refractivity contribution is -0.322. The summed E-state index contributed by atoms with van der Waals surface area (Å²) in [5, 5.41) is 24.5. The van der Waals surface area contributed by atoms with E-state index in [-0.39, 0.29) is 54.8 Å². The number of amides is 1. The molecule has 2 N–H and O–H groups in total. The molecule has 3 aliphatic heterocycles. The van der Waals surface area contributed by atoms with Crippen LogP contribution in [-0.4, -0.2) is 146 Å². The fourth-order valence-electron chi connectivity index (χ4n) is 11.2. The number of ketones is 3. The number of esters is 1. The van der Waals surface area contributed by atoms with E-state index in [0.29, 0.717) is 69.8 Å². The van der Waals surface area contributed by atoms with Crippen molar-refractivity contribution in [1.29, 1.82) is 0 Å². The second kappa shape index (κ2) is 28.3. The van der Waals surface area contributed by atoms with Crippen molar-refractivity contribution in [3.05, 3.63) is 23.3 Å². The number of methoxy groups -OCH3 is 3. The Morgan fingerprint density at radius 2 is 1.58 bits per heavy atom. The van der Waals surface area contributed by atoms with Gasteiger partial charge in [0, 0.05) is 58.5 Å². The lowest BCUT2D eigenvalue weighted by atomic mass is 9.75. The summed E-state index contributed by atoms with van der Waals surface area (Å²) in [7, 11) is 7.40. The molecule has 2 saturated heterocycles. The van der Waals surface area contributed by atoms with Crippen molar-refractivity contribution in [2.75, 3.05) is 42.0 Å². The number of cyclic esters (lactones) is 1. The van der Waals surface area contributed by atoms with Crippen LogP contribution < -0.4 is 0 Å². The Morgan fingerprint density at radius 3 is 2.24 bits per heavy atom. The zero-order chi connectivity index (χ0) is 52.7. The summed E-state index contributed by atoms with van der Waals surface area (Å²) >= 11 is 0. The molecule has 3 fully saturated rings. The van der Waals surface area contributed by atoms with E-state index in [1.807, 2.05) is 20.8 Å². The van der Waals surface area contributed by atoms with Gasteiger partial charge < -0.3 is 43.6 Å². The Morgan fingerprint density at radius 1 is 0.873 bits per heavy atom. The second-order valence-corrected chi connectivity index (χ2v) is 21.3. The molecular formula is C54H88N2O15. The zero-order valence-electron chi connectivity index (χ0n) is 44.9. The molecule has 17 nitrogen and oxygen atoms in total. The molecule has 15 atom stereocenters. The summed E-state index contributed by atoms with van der Waals surface area (Å²) in [5.74, 6) is -8.92. The van der Waals surface area contributed by atoms with E-state index in [9.17, 15) is 39.0 Å². The van der Waals surface area contributed by atoms with E-state index in [1.54, 1.807) is 34.0 Å². The van der Waals surface area contributed by atoms with Crippen molar-refractivity contribution in [1.82, 2.24) is 10.1 Å². The van der Waals surface area contributed by atoms with Crippen LogP contribution in [-0.2, 0) is 62.1 Å². The number of rotatable bonds is 9. The first-order chi connectivity index (χ1) is 33.6. The first kappa shape index (κ1) is 60.1. The molecule has 0 radical (unpaired) electrons. The van der Waals surface area contributed by atoms with Gasteiger partial charge in [0.15, 0.2) is 5.78 Å². The van der Waals surface area contributed by atoms with Crippen molar-refractivity contribution >= 4 is 35.2 Å². The molecule has 1 saturated carbocycles. The lowest BCUT2D eigenvalue weighted by Crippen LogP contribution is -2.61. The minimum atomic E-state index is -2.43. The number of aliphatic hydroxyl groups is 2. The fraction of sp³-hybridized carbons (Fsp3) is 0.815. The number of aliphatic hydroxyl groups excluding tert-OH is 1. The SMILES string of the molecule is CO[C@H]1C[C@@H]2CC[C@@H](C)[C@@](O)(O2)C(=O)C(=O)N2CCCC[C@H]2C(=O)O[C@H]([C@H](C)C[C@@H]2CC[C@@H](C(=O)ON(C)OC)[C@H](OC)C2)CC(=O)[C@H](C)/C=C(/C)[C@@H](O)[C@@H](OC)C(=O)[C@H](C)C[C@H](C)CCCC/C=C\1C. The van der Waals surface area contributed by atoms with E-state index >= 15 is 0 Å². The van der Waals surface area contributed by atoms with Crippen LogP contribution >= 0.6 is 0 Å². The number of fused-ring (bicyclic) bond motifs is 3. The molecule has 2 bridgehead atoms. The maximum absolute atomic E-state index is 14.5. The number of hydroxylamine groups is 2. The number of piperidine rings is 1. The van der Waals surface area contributed by atoms with Crippen molar-refractivity contribution in [2.45, 2.75) is 200 Å². The van der Waals surface area contributed by atoms with Crippen LogP contribution in [0.3, 0.4) is 0 Å². The predicted octanol–water partition coefficient (Wildman–Crippen LogP) is 6.84. The summed E-state index contributed by atoms with van der Waals surface area (Å²) in [5.41, 5.74) is 1.38. The first-order valence-corrected chi connectivity index (χ1v) is 26.2. The highest BCUT2D eigenvalue weighted by Crippen LogP contribution is 2.39. The summed E-state index contributed by atoms with van der Waals surface area (Å²) in [6.45, 7) is 12.9. The van der Waals surface area contributed by atoms with Gasteiger partial charge in [0.05, 0.1) is 38.4 Å². The summed E-state index contributed by atoms with van der Waals surface area (Å²) in [4.78, 5) is 95.7. The van der Waals surface area contributed by atoms with Crippen LogP contribution in [0, 0.1) is 41.4 Å². The highest BCUT2D eigenvalue weighted by molar-refractivity contribution is 6.39. The van der Waals surface area contributed by atoms with E-state index in [2.05, 4.69) is 13.0 Å². The number of carbonyl (C=O) groups excluding carboxylic acids is 6. The largest absolute Gasteiger partial charge is 0.460 e. The van der Waals surface area contributed by atoms with Crippen LogP contribution in [0.2, 0.25) is 0 Å². The molecule has 4 rings (SSSR count). The number of hydrogen-bond donors (Lipinski definition) is 2. The van der Waals surface area contributed by atoms with Crippen molar-refractivity contribution in [3.63, 3.8) is 0 Å². The van der Waals surface area contributed by atoms with E-state index in [0.717, 1.165) is 36.5 Å². The third-order valence-electron chi connectivity index (χ3n) is 15.9. The molecule has 1 aliphatic carbocycles. The Balaban J connectivity index is 1.68. The van der Waals surface area contributed by atoms with Gasteiger partial charge in [-0.15, -0.1) is 0 Å². The van der Waals surface area contributed by atoms with Crippen molar-refractivity contribution < 1.29 is 72.3 Å². The molecule has 1 amide bonds. The minimum Gasteiger partial charge on any atom is -0.460 e. The molecule has 3 heterocycles. The van der Waals surface area contributed by atoms with Crippen LogP contribution in [0.25, 0.3) is 0 Å². The van der Waals surface area contributed by atoms with Crippen molar-refractivity contribution in [2.24, 2.45) is 41.4 Å². The zero-order valence-corrected chi connectivity index (χ0v) is 44.9. The topological polar surface area (TPSA) is 214 Å². The van der Waals surface area contributed by atoms with Gasteiger partial charge >= 0.3 is 11.9 Å². The number of Topliss-reactive ketones (excluding diaryl/α,β-unsaturated/α-hetero) is 3. The van der Waals surface area contributed by atoms with Gasteiger partial charge in [-0.05, 0) is 125 Å². The molecule has 0 aromatic heterocycles. The molecule has 4 aliphatic rings. The predicted molar refractivity (Wildman–Crippen MR) is 264 cm³/mol. The van der Waals surface area contributed by atoms with Gasteiger partial charge in [-0.25, -0.2) is 9.59 Å². The molecule has 0 aromatic carbocycles. The van der Waals surface area contributed by atoms with E-state index in [4.69, 9.17) is 33.4 Å². The number of nitrogens with zero attached hydrogens (tertiary/aromatic N) is 2. The van der Waals surface area contributed by atoms with Gasteiger partial charge in [-0.2, -0.15) is 0 Å². The third kappa shape index (κ3) is 16.3. The Kier molecular flexibility index (Phi) is 24.0. The highest BCUT2D eigenvalue weighted by Gasteiger charge is 2.53. The molecule has 0 unspecified atom stereocenters. The van der Waals surface area contributed by atoms with Crippen LogP contribution in [0.1, 0.15) is 151 Å². The van der Waals surface area contributed by atoms with Crippen molar-refractivity contribution in [3.8, 4) is 0 Å². The van der Waals surface area contributed by atoms with Crippen LogP contribution in [0.15, 0.2) is 23.3 Å². The Hall–Kier alpha value is -3.42. The van der Waals surface area contributed by atoms with E-state index < -0.39 is 89.6 Å². The minimum absolute atomic E-state index is 0.0119. The highest BCUT2D eigenvalue weighted by atomic mass is 17.0. The van der Waals surface area contributed by atoms with Gasteiger partial charge in [0.25, 0.3) is 11.7 Å². The molecule has 0 spiro atoms. The van der Waals surface area contributed by atoms with Gasteiger partial charge in [-0.3, -0.25) is 24.0 Å². The molecule has 404 valence electrons. The average molecular weight is 1010 g/mol. The monoisotopic (exact) mass is 1000 g/mol. The van der Waals surface area contributed by atoms with Gasteiger partial charge in [0.2, 0.25) is 5.79 Å². The van der Waals surface area contributed by atoms with Crippen LogP contribution in [0.4, 0.5) is 0 Å². The number of ether oxygens (including phenoxy) is 5. The van der Waals surface area contributed by atoms with E-state index in [1.165, 1.54) is 33.3 Å². The fourth-order valence-corrected chi connectivity index (χ4v) is 11.2. The maximum atomic E-state index is 14.5. The smallest absolute Gasteiger partial charge is 0.333 e. The standard InChI is InChI=1S/C54H88N2O15/c1-32-18-14-13-15-19-33(2)44(65-9)30-40-23-21-38(7)54(64,70-40)50(60)51(61)56-25-17-16-20-42(56)53(63)69-45(31-43(57)34(3)27-37(6)48(59)49(67-11)47(58)36(5)26-32)35(4)28-39-22-24-41(46(29-39)66-10)52(62)71-55(8)68-12/h19,27,32,34-36,38-42,44-46,48-49,59,64H,13-18,20-26,28-31H2,1-12H3/b33-19-,37-27-/t32-,34-,35-,36-,38-,39+,40+,41-,42+,44+,45+,46-,48-,49+,54-/m1/s1. The summed E-state index contributed by atoms with van der Waals surface area (Å²) in [6.07, 6.45) is 7.57. The first-order valence-electron chi connectivity index (χ1n) is 26.2. The normalized spacial score (nSPS) is 37.5. The molecule has 17 heteroatoms. The van der Waals surface area contributed by atoms with Gasteiger partial charge in [0.1, 0.15) is 30.1 Å². The van der Waals surface area contributed by atoms with Gasteiger partial charge in [-0.1, -0.05) is 59.6 Å². The van der Waals surface area contributed by atoms with Crippen LogP contribution in [0.5, 0.6) is 0 Å². The molecule has 71 heavy (non-hydrogen) atoms. The Bertz CT molecular complexity index is 1860. The summed E-state index contributed by atoms with van der Waals surface area (Å²) < 4.78 is 29.8. The number of allylic oxidation sites excluding steroid dienone is 2. The maximum Gasteiger partial charge on any atom is 0.333 e. The molecule has 0 aromatic rings. The Labute approximate surface area is 422 Å². The lowest BCUT2D eigenvalue weighted by Gasteiger charge is -2.42. The average Bonchev–Trinajstić information content (AvgIpc) is 3.35. The summed E-state index contributed by atoms with van der Waals surface area (Å²) in [6, 6.07) is -1.17.